The predicted molar refractivity (Wildman–Crippen MR) is 154 cm³/mol. The first-order valence-corrected chi connectivity index (χ1v) is 15.2. The minimum Gasteiger partial charge on any atom is -0.409 e. The van der Waals surface area contributed by atoms with Gasteiger partial charge in [0, 0.05) is 5.39 Å². The Labute approximate surface area is 222 Å². The summed E-state index contributed by atoms with van der Waals surface area (Å²) < 4.78 is 15.8. The third kappa shape index (κ3) is 5.58. The number of nitrogens with two attached hydrogens (primary N) is 1. The zero-order valence-electron chi connectivity index (χ0n) is 18.7. The van der Waals surface area contributed by atoms with Crippen molar-refractivity contribution in [2.45, 2.75) is 13.3 Å². The minimum absolute atomic E-state index is 0.0230. The van der Waals surface area contributed by atoms with E-state index in [0.717, 1.165) is 44.3 Å². The van der Waals surface area contributed by atoms with Crippen LogP contribution in [0, 0.1) is 5.82 Å². The van der Waals surface area contributed by atoms with Gasteiger partial charge in [-0.15, -0.1) is 0 Å². The molecule has 3 aromatic carbocycles. The van der Waals surface area contributed by atoms with Crippen LogP contribution in [0.15, 0.2) is 78.1 Å². The Hall–Kier alpha value is -2.74. The van der Waals surface area contributed by atoms with Gasteiger partial charge >= 0.3 is 0 Å². The van der Waals surface area contributed by atoms with E-state index in [1.807, 2.05) is 34.9 Å². The average Bonchev–Trinajstić information content (AvgIpc) is 3.29. The van der Waals surface area contributed by atoms with Crippen LogP contribution in [0.5, 0.6) is 0 Å². The monoisotopic (exact) mass is 618 g/mol. The van der Waals surface area contributed by atoms with E-state index < -0.39 is 0 Å². The molecule has 0 saturated heterocycles. The highest BCUT2D eigenvalue weighted by atomic mass is 127. The van der Waals surface area contributed by atoms with Crippen molar-refractivity contribution >= 4 is 74.0 Å². The molecular formula is C26H22ClFIN4OP. The van der Waals surface area contributed by atoms with E-state index in [9.17, 15) is 4.39 Å². The van der Waals surface area contributed by atoms with Crippen molar-refractivity contribution in [3.05, 3.63) is 106 Å². The summed E-state index contributed by atoms with van der Waals surface area (Å²) in [7, 11) is 0. The molecule has 178 valence electrons. The summed E-state index contributed by atoms with van der Waals surface area (Å²) in [4.78, 5) is 0. The molecular weight excluding hydrogens is 597 g/mol. The summed E-state index contributed by atoms with van der Waals surface area (Å²) in [6, 6.07) is 18.8. The molecule has 1 aromatic heterocycles. The molecule has 3 N–H and O–H groups in total. The highest BCUT2D eigenvalue weighted by Gasteiger charge is 2.17. The Bertz CT molecular complexity index is 1460. The Morgan fingerprint density at radius 1 is 1.17 bits per heavy atom. The van der Waals surface area contributed by atoms with Gasteiger partial charge in [-0.05, 0) is 92.2 Å². The maximum atomic E-state index is 13.8. The Morgan fingerprint density at radius 2 is 1.91 bits per heavy atom. The summed E-state index contributed by atoms with van der Waals surface area (Å²) >= 11 is 8.82. The van der Waals surface area contributed by atoms with Crippen molar-refractivity contribution in [1.29, 1.82) is 0 Å². The van der Waals surface area contributed by atoms with Gasteiger partial charge < -0.3 is 10.9 Å². The van der Waals surface area contributed by atoms with E-state index in [4.69, 9.17) is 22.5 Å². The highest BCUT2D eigenvalue weighted by molar-refractivity contribution is 14.2. The van der Waals surface area contributed by atoms with E-state index in [-0.39, 0.29) is 11.7 Å². The zero-order valence-corrected chi connectivity index (χ0v) is 22.6. The molecule has 4 aromatic rings. The van der Waals surface area contributed by atoms with Gasteiger partial charge in [-0.1, -0.05) is 66.2 Å². The number of allylic oxidation sites excluding steroid dienone is 1. The van der Waals surface area contributed by atoms with Crippen molar-refractivity contribution < 1.29 is 9.60 Å². The fourth-order valence-corrected chi connectivity index (χ4v) is 5.81. The fraction of sp³-hybridized carbons (Fsp3) is 0.0769. The number of amidine groups is 1. The normalized spacial score (nSPS) is 13.3. The fourth-order valence-electron chi connectivity index (χ4n) is 3.98. The maximum absolute atomic E-state index is 13.8. The van der Waals surface area contributed by atoms with Crippen molar-refractivity contribution in [3.63, 3.8) is 0 Å². The molecule has 0 amide bonds. The van der Waals surface area contributed by atoms with E-state index in [2.05, 4.69) is 57.4 Å². The van der Waals surface area contributed by atoms with Gasteiger partial charge in [-0.25, -0.2) is 8.84 Å². The van der Waals surface area contributed by atoms with Crippen LogP contribution in [-0.2, 0) is 0 Å². The molecule has 0 aliphatic heterocycles. The molecule has 0 spiro atoms. The molecule has 1 unspecified atom stereocenters. The van der Waals surface area contributed by atoms with Crippen LogP contribution in [0.1, 0.15) is 35.6 Å². The number of halogens is 3. The molecule has 4 rings (SSSR count). The maximum Gasteiger partial charge on any atom is 0.162 e. The Balaban J connectivity index is 1.91. The van der Waals surface area contributed by atoms with Crippen molar-refractivity contribution in [3.8, 4) is 0 Å². The summed E-state index contributed by atoms with van der Waals surface area (Å²) in [5, 5.41) is 17.6. The highest BCUT2D eigenvalue weighted by Crippen LogP contribution is 2.39. The van der Waals surface area contributed by atoms with Crippen LogP contribution < -0.4 is 5.73 Å². The smallest absolute Gasteiger partial charge is 0.162 e. The van der Waals surface area contributed by atoms with Crippen LogP contribution in [0.4, 0.5) is 4.39 Å². The molecule has 0 bridgehead atoms. The van der Waals surface area contributed by atoms with Crippen molar-refractivity contribution in [2.75, 3.05) is 0 Å². The molecule has 0 saturated carbocycles. The lowest BCUT2D eigenvalue weighted by Crippen LogP contribution is -2.06. The second kappa shape index (κ2) is 11.3. The molecule has 5 nitrogen and oxygen atoms in total. The molecule has 0 fully saturated rings. The second-order valence-corrected chi connectivity index (χ2v) is 10.2. The largest absolute Gasteiger partial charge is 0.409 e. The third-order valence-corrected chi connectivity index (χ3v) is 7.81. The lowest BCUT2D eigenvalue weighted by atomic mass is 9.87. The van der Waals surface area contributed by atoms with Gasteiger partial charge in [0.05, 0.1) is 23.1 Å². The van der Waals surface area contributed by atoms with Crippen LogP contribution in [0.2, 0.25) is 5.02 Å². The first-order valence-electron chi connectivity index (χ1n) is 10.7. The minimum atomic E-state index is -0.369. The van der Waals surface area contributed by atoms with Gasteiger partial charge in [0.25, 0.3) is 0 Å². The quantitative estimate of drug-likeness (QED) is 0.0423. The van der Waals surface area contributed by atoms with Gasteiger partial charge in [-0.3, -0.25) is 0 Å². The SMILES string of the molecule is CC/C(=C(/c1ccc(/C=C/C(N)=N/O)cc1)c1ccc2c(cnn2PI)c1)c1ccc(F)cc1Cl. The van der Waals surface area contributed by atoms with E-state index in [1.54, 1.807) is 12.1 Å². The van der Waals surface area contributed by atoms with E-state index in [1.165, 1.54) is 18.2 Å². The molecule has 0 radical (unpaired) electrons. The number of oxime groups is 1. The molecule has 0 aliphatic rings. The van der Waals surface area contributed by atoms with Crippen molar-refractivity contribution in [1.82, 2.24) is 9.55 Å². The number of rotatable bonds is 7. The van der Waals surface area contributed by atoms with E-state index in [0.29, 0.717) is 17.8 Å². The Kier molecular flexibility index (Phi) is 8.21. The number of hydrogen-bond donors (Lipinski definition) is 2. The third-order valence-electron chi connectivity index (χ3n) is 5.61. The number of aromatic nitrogens is 2. The molecule has 9 heteroatoms. The van der Waals surface area contributed by atoms with Crippen molar-refractivity contribution in [2.24, 2.45) is 10.9 Å². The number of benzene rings is 3. The second-order valence-electron chi connectivity index (χ2n) is 7.73. The standard InChI is InChI=1S/C26H22ClFIN4OP/c1-2-21(22-10-9-20(28)14-23(22)27)26(17-6-3-16(4-7-17)5-12-25(30)32-34)18-8-11-24-19(13-18)15-31-33(24)35-29/h3-15,34-35H,2H2,1H3,(H2,30,32)/b12-5+,26-21+. The Morgan fingerprint density at radius 3 is 2.57 bits per heavy atom. The van der Waals surface area contributed by atoms with Crippen LogP contribution in [0.25, 0.3) is 28.1 Å². The first kappa shape index (κ1) is 25.4. The van der Waals surface area contributed by atoms with E-state index >= 15 is 0 Å². The van der Waals surface area contributed by atoms with Crippen LogP contribution >= 0.6 is 40.0 Å². The number of nitrogens with zero attached hydrogens (tertiary/aromatic N) is 3. The predicted octanol–water partition coefficient (Wildman–Crippen LogP) is 7.75. The van der Waals surface area contributed by atoms with Gasteiger partial charge in [-0.2, -0.15) is 5.10 Å². The summed E-state index contributed by atoms with van der Waals surface area (Å²) in [6.07, 6.45) is 6.37. The summed E-state index contributed by atoms with van der Waals surface area (Å²) in [6.45, 7) is 2.07. The average molecular weight is 619 g/mol. The summed E-state index contributed by atoms with van der Waals surface area (Å²) in [5.74, 6) is -0.346. The van der Waals surface area contributed by atoms with Crippen LogP contribution in [-0.4, -0.2) is 20.6 Å². The zero-order chi connectivity index (χ0) is 24.9. The lowest BCUT2D eigenvalue weighted by Gasteiger charge is -2.18. The summed E-state index contributed by atoms with van der Waals surface area (Å²) in [5.41, 5.74) is 12.3. The lowest BCUT2D eigenvalue weighted by molar-refractivity contribution is 0.319. The molecule has 35 heavy (non-hydrogen) atoms. The topological polar surface area (TPSA) is 76.4 Å². The van der Waals surface area contributed by atoms with Gasteiger partial charge in [0.1, 0.15) is 5.82 Å². The number of hydrogen-bond acceptors (Lipinski definition) is 3. The molecule has 1 heterocycles. The van der Waals surface area contributed by atoms with Crippen LogP contribution in [0.3, 0.4) is 0 Å². The van der Waals surface area contributed by atoms with Gasteiger partial charge in [0.15, 0.2) is 5.84 Å². The number of fused-ring (bicyclic) bond motifs is 1. The first-order chi connectivity index (χ1) is 16.9. The van der Waals surface area contributed by atoms with Gasteiger partial charge in [0.2, 0.25) is 0 Å². The molecule has 0 aliphatic carbocycles. The molecule has 1 atom stereocenters.